The van der Waals surface area contributed by atoms with Crippen LogP contribution in [-0.4, -0.2) is 48.7 Å². The van der Waals surface area contributed by atoms with E-state index in [0.29, 0.717) is 19.6 Å². The Morgan fingerprint density at radius 2 is 2.07 bits per heavy atom. The Morgan fingerprint density at radius 3 is 2.60 bits per heavy atom. The van der Waals surface area contributed by atoms with E-state index in [1.54, 1.807) is 7.05 Å². The van der Waals surface area contributed by atoms with Crippen LogP contribution in [0.1, 0.15) is 26.2 Å². The highest BCUT2D eigenvalue weighted by Crippen LogP contribution is 1.94. The van der Waals surface area contributed by atoms with Crippen LogP contribution in [0.5, 0.6) is 0 Å². The second-order valence-corrected chi connectivity index (χ2v) is 3.37. The molecule has 0 spiro atoms. The van der Waals surface area contributed by atoms with Gasteiger partial charge in [0.25, 0.3) is 0 Å². The van der Waals surface area contributed by atoms with Crippen LogP contribution in [-0.2, 0) is 14.3 Å². The number of hydrogen-bond donors (Lipinski definition) is 1. The molecule has 0 unspecified atom stereocenters. The number of carboxylic acid groups (broad SMARTS) is 1. The molecule has 15 heavy (non-hydrogen) atoms. The molecule has 0 radical (unpaired) electrons. The maximum atomic E-state index is 11.3. The molecule has 5 nitrogen and oxygen atoms in total. The minimum atomic E-state index is -0.835. The summed E-state index contributed by atoms with van der Waals surface area (Å²) in [5, 5.41) is 8.41. The molecule has 0 aromatic carbocycles. The Balaban J connectivity index is 3.55. The Labute approximate surface area is 90.0 Å². The summed E-state index contributed by atoms with van der Waals surface area (Å²) in [5.41, 5.74) is 0. The molecule has 0 bridgehead atoms. The molecule has 0 aliphatic heterocycles. The minimum Gasteiger partial charge on any atom is -0.481 e. The summed E-state index contributed by atoms with van der Waals surface area (Å²) in [6.07, 6.45) is 1.45. The fraction of sp³-hybridized carbons (Fsp3) is 0.800. The lowest BCUT2D eigenvalue weighted by molar-refractivity contribution is -0.138. The average Bonchev–Trinajstić information content (AvgIpc) is 2.17. The van der Waals surface area contributed by atoms with Crippen LogP contribution in [0.2, 0.25) is 0 Å². The first kappa shape index (κ1) is 13.9. The van der Waals surface area contributed by atoms with E-state index in [-0.39, 0.29) is 18.9 Å². The van der Waals surface area contributed by atoms with Crippen LogP contribution >= 0.6 is 0 Å². The Hall–Kier alpha value is -1.10. The number of hydrogen-bond acceptors (Lipinski definition) is 3. The zero-order chi connectivity index (χ0) is 11.7. The van der Waals surface area contributed by atoms with Gasteiger partial charge in [0.2, 0.25) is 5.91 Å². The van der Waals surface area contributed by atoms with Gasteiger partial charge in [-0.3, -0.25) is 9.59 Å². The lowest BCUT2D eigenvalue weighted by atomic mass is 10.3. The van der Waals surface area contributed by atoms with E-state index in [9.17, 15) is 9.59 Å². The van der Waals surface area contributed by atoms with Crippen molar-refractivity contribution in [1.29, 1.82) is 0 Å². The lowest BCUT2D eigenvalue weighted by Gasteiger charge is -2.16. The topological polar surface area (TPSA) is 66.8 Å². The summed E-state index contributed by atoms with van der Waals surface area (Å²) in [6.45, 7) is 3.09. The molecule has 0 atom stereocenters. The van der Waals surface area contributed by atoms with Gasteiger partial charge in [-0.2, -0.15) is 0 Å². The number of rotatable bonds is 8. The molecular weight excluding hydrogens is 198 g/mol. The summed E-state index contributed by atoms with van der Waals surface area (Å²) in [4.78, 5) is 23.1. The summed E-state index contributed by atoms with van der Waals surface area (Å²) in [6, 6.07) is 0. The summed E-state index contributed by atoms with van der Waals surface area (Å²) in [5.74, 6) is -0.938. The van der Waals surface area contributed by atoms with Gasteiger partial charge in [-0.25, -0.2) is 0 Å². The summed E-state index contributed by atoms with van der Waals surface area (Å²) >= 11 is 0. The third-order valence-electron chi connectivity index (χ3n) is 1.88. The van der Waals surface area contributed by atoms with Crippen molar-refractivity contribution in [3.63, 3.8) is 0 Å². The van der Waals surface area contributed by atoms with Crippen molar-refractivity contribution in [1.82, 2.24) is 4.90 Å². The maximum absolute atomic E-state index is 11.3. The van der Waals surface area contributed by atoms with Crippen LogP contribution in [0.3, 0.4) is 0 Å². The number of carbonyl (C=O) groups is 2. The van der Waals surface area contributed by atoms with Gasteiger partial charge in [0.05, 0.1) is 0 Å². The molecule has 0 aliphatic carbocycles. The van der Waals surface area contributed by atoms with Crippen molar-refractivity contribution in [2.75, 3.05) is 26.8 Å². The van der Waals surface area contributed by atoms with E-state index >= 15 is 0 Å². The molecule has 0 saturated carbocycles. The standard InChI is InChI=1S/C10H19NO4/c1-3-7-15-8-9(12)11(2)6-4-5-10(13)14/h3-8H2,1-2H3,(H,13,14). The van der Waals surface area contributed by atoms with Gasteiger partial charge in [0, 0.05) is 26.6 Å². The second kappa shape index (κ2) is 8.23. The van der Waals surface area contributed by atoms with E-state index in [2.05, 4.69) is 0 Å². The third kappa shape index (κ3) is 7.93. The average molecular weight is 217 g/mol. The highest BCUT2D eigenvalue weighted by molar-refractivity contribution is 5.77. The van der Waals surface area contributed by atoms with Gasteiger partial charge in [0.1, 0.15) is 6.61 Å². The number of carboxylic acids is 1. The first-order chi connectivity index (χ1) is 7.07. The number of nitrogens with zero attached hydrogens (tertiary/aromatic N) is 1. The van der Waals surface area contributed by atoms with Gasteiger partial charge in [-0.05, 0) is 12.8 Å². The maximum Gasteiger partial charge on any atom is 0.303 e. The molecule has 0 aliphatic rings. The Bertz CT molecular complexity index is 206. The van der Waals surface area contributed by atoms with Crippen LogP contribution in [0.15, 0.2) is 0 Å². The van der Waals surface area contributed by atoms with Gasteiger partial charge < -0.3 is 14.7 Å². The van der Waals surface area contributed by atoms with E-state index in [0.717, 1.165) is 6.42 Å². The first-order valence-electron chi connectivity index (χ1n) is 5.11. The molecular formula is C10H19NO4. The third-order valence-corrected chi connectivity index (χ3v) is 1.88. The normalized spacial score (nSPS) is 10.0. The summed E-state index contributed by atoms with van der Waals surface area (Å²) in [7, 11) is 1.65. The molecule has 0 fully saturated rings. The zero-order valence-corrected chi connectivity index (χ0v) is 9.36. The quantitative estimate of drug-likeness (QED) is 0.609. The van der Waals surface area contributed by atoms with Crippen molar-refractivity contribution in [3.8, 4) is 0 Å². The van der Waals surface area contributed by atoms with Crippen molar-refractivity contribution in [3.05, 3.63) is 0 Å². The molecule has 0 aromatic heterocycles. The smallest absolute Gasteiger partial charge is 0.303 e. The van der Waals surface area contributed by atoms with E-state index < -0.39 is 5.97 Å². The lowest BCUT2D eigenvalue weighted by Crippen LogP contribution is -2.31. The van der Waals surface area contributed by atoms with Gasteiger partial charge in [-0.1, -0.05) is 6.92 Å². The van der Waals surface area contributed by atoms with Crippen LogP contribution in [0, 0.1) is 0 Å². The molecule has 1 N–H and O–H groups in total. The van der Waals surface area contributed by atoms with Crippen molar-refractivity contribution in [2.24, 2.45) is 0 Å². The van der Waals surface area contributed by atoms with E-state index in [1.807, 2.05) is 6.92 Å². The summed E-state index contributed by atoms with van der Waals surface area (Å²) < 4.78 is 5.09. The number of ether oxygens (including phenoxy) is 1. The predicted octanol–water partition coefficient (Wildman–Crippen LogP) is 0.736. The van der Waals surface area contributed by atoms with Crippen LogP contribution in [0.4, 0.5) is 0 Å². The highest BCUT2D eigenvalue weighted by atomic mass is 16.5. The second-order valence-electron chi connectivity index (χ2n) is 3.37. The number of aliphatic carboxylic acids is 1. The van der Waals surface area contributed by atoms with E-state index in [4.69, 9.17) is 9.84 Å². The predicted molar refractivity (Wildman–Crippen MR) is 55.6 cm³/mol. The van der Waals surface area contributed by atoms with Gasteiger partial charge >= 0.3 is 5.97 Å². The molecule has 0 aromatic rings. The van der Waals surface area contributed by atoms with Crippen molar-refractivity contribution in [2.45, 2.75) is 26.2 Å². The Kier molecular flexibility index (Phi) is 7.62. The molecule has 0 heterocycles. The molecule has 0 saturated heterocycles. The Morgan fingerprint density at radius 1 is 1.40 bits per heavy atom. The highest BCUT2D eigenvalue weighted by Gasteiger charge is 2.08. The first-order valence-corrected chi connectivity index (χ1v) is 5.11. The fourth-order valence-electron chi connectivity index (χ4n) is 1.01. The molecule has 1 amide bonds. The molecule has 88 valence electrons. The van der Waals surface area contributed by atoms with Gasteiger partial charge in [0.15, 0.2) is 0 Å². The number of amides is 1. The number of carbonyl (C=O) groups excluding carboxylic acids is 1. The van der Waals surface area contributed by atoms with E-state index in [1.165, 1.54) is 4.90 Å². The molecule has 5 heteroatoms. The monoisotopic (exact) mass is 217 g/mol. The largest absolute Gasteiger partial charge is 0.481 e. The molecule has 0 rings (SSSR count). The van der Waals surface area contributed by atoms with Crippen LogP contribution in [0.25, 0.3) is 0 Å². The zero-order valence-electron chi connectivity index (χ0n) is 9.36. The van der Waals surface area contributed by atoms with Crippen molar-refractivity contribution < 1.29 is 19.4 Å². The SMILES string of the molecule is CCCOCC(=O)N(C)CCCC(=O)O. The van der Waals surface area contributed by atoms with Gasteiger partial charge in [-0.15, -0.1) is 0 Å². The minimum absolute atomic E-state index is 0.0808. The van der Waals surface area contributed by atoms with Crippen LogP contribution < -0.4 is 0 Å². The van der Waals surface area contributed by atoms with Crippen molar-refractivity contribution >= 4 is 11.9 Å². The number of likely N-dealkylation sites (N-methyl/N-ethyl adjacent to an activating group) is 1. The fourth-order valence-corrected chi connectivity index (χ4v) is 1.01.